The van der Waals surface area contributed by atoms with Gasteiger partial charge >= 0.3 is 0 Å². The van der Waals surface area contributed by atoms with E-state index in [9.17, 15) is 4.79 Å². The van der Waals surface area contributed by atoms with E-state index in [4.69, 9.17) is 9.26 Å². The first-order chi connectivity index (χ1) is 14.5. The molecule has 1 aliphatic heterocycles. The van der Waals surface area contributed by atoms with E-state index in [-0.39, 0.29) is 11.8 Å². The fraction of sp³-hybridized carbons (Fsp3) is 0.375. The minimum Gasteiger partial charge on any atom is -0.494 e. The average molecular weight is 405 g/mol. The number of aryl methyl sites for hydroxylation is 2. The molecule has 1 aliphatic rings. The Kier molecular flexibility index (Phi) is 5.84. The standard InChI is InChI=1S/C24H27N3O3/c1-4-5-12-29-20-10-8-18(9-11-20)24-25-23(26-30-24)19-14-22(28)27(15-19)21-13-16(2)6-7-17(21)3/h6-11,13,19H,4-5,12,14-15H2,1-3H3. The molecule has 6 heteroatoms. The first-order valence-corrected chi connectivity index (χ1v) is 10.5. The number of unbranched alkanes of at least 4 members (excludes halogenated alkanes) is 1. The molecule has 1 unspecified atom stereocenters. The molecule has 0 N–H and O–H groups in total. The second-order valence-electron chi connectivity index (χ2n) is 7.88. The third kappa shape index (κ3) is 4.22. The lowest BCUT2D eigenvalue weighted by atomic mass is 10.1. The van der Waals surface area contributed by atoms with Gasteiger partial charge in [-0.2, -0.15) is 4.98 Å². The number of rotatable bonds is 7. The minimum absolute atomic E-state index is 0.0773. The van der Waals surface area contributed by atoms with Gasteiger partial charge in [0, 0.05) is 30.1 Å². The van der Waals surface area contributed by atoms with Gasteiger partial charge in [-0.1, -0.05) is 30.6 Å². The molecule has 0 aliphatic carbocycles. The lowest BCUT2D eigenvalue weighted by molar-refractivity contribution is -0.117. The Morgan fingerprint density at radius 1 is 1.17 bits per heavy atom. The number of hydrogen-bond donors (Lipinski definition) is 0. The van der Waals surface area contributed by atoms with Crippen molar-refractivity contribution in [2.45, 2.75) is 46.0 Å². The molecule has 0 saturated carbocycles. The summed E-state index contributed by atoms with van der Waals surface area (Å²) < 4.78 is 11.2. The summed E-state index contributed by atoms with van der Waals surface area (Å²) in [7, 11) is 0. The van der Waals surface area contributed by atoms with Crippen LogP contribution in [0.15, 0.2) is 47.0 Å². The molecule has 0 bridgehead atoms. The van der Waals surface area contributed by atoms with E-state index < -0.39 is 0 Å². The number of nitrogens with zero attached hydrogens (tertiary/aromatic N) is 3. The molecule has 1 amide bonds. The van der Waals surface area contributed by atoms with Crippen molar-refractivity contribution in [1.29, 1.82) is 0 Å². The summed E-state index contributed by atoms with van der Waals surface area (Å²) in [5, 5.41) is 4.16. The zero-order valence-corrected chi connectivity index (χ0v) is 17.7. The maximum Gasteiger partial charge on any atom is 0.257 e. The Labute approximate surface area is 176 Å². The topological polar surface area (TPSA) is 68.5 Å². The number of anilines is 1. The molecule has 1 saturated heterocycles. The highest BCUT2D eigenvalue weighted by atomic mass is 16.5. The van der Waals surface area contributed by atoms with Gasteiger partial charge in [-0.25, -0.2) is 0 Å². The predicted octanol–water partition coefficient (Wildman–Crippen LogP) is 5.05. The lowest BCUT2D eigenvalue weighted by Gasteiger charge is -2.19. The second-order valence-corrected chi connectivity index (χ2v) is 7.88. The van der Waals surface area contributed by atoms with Crippen LogP contribution in [-0.2, 0) is 4.79 Å². The van der Waals surface area contributed by atoms with Crippen LogP contribution < -0.4 is 9.64 Å². The van der Waals surface area contributed by atoms with Crippen LogP contribution in [0.4, 0.5) is 5.69 Å². The highest BCUT2D eigenvalue weighted by Gasteiger charge is 2.35. The molecule has 3 aromatic rings. The summed E-state index contributed by atoms with van der Waals surface area (Å²) in [6, 6.07) is 13.8. The maximum atomic E-state index is 12.7. The SMILES string of the molecule is CCCCOc1ccc(-c2nc(C3CC(=O)N(c4cc(C)ccc4C)C3)no2)cc1. The Morgan fingerprint density at radius 3 is 2.73 bits per heavy atom. The molecular formula is C24H27N3O3. The van der Waals surface area contributed by atoms with E-state index in [0.717, 1.165) is 41.0 Å². The molecular weight excluding hydrogens is 378 g/mol. The molecule has 0 spiro atoms. The first-order valence-electron chi connectivity index (χ1n) is 10.5. The largest absolute Gasteiger partial charge is 0.494 e. The van der Waals surface area contributed by atoms with E-state index >= 15 is 0 Å². The number of benzene rings is 2. The Balaban J connectivity index is 1.46. The van der Waals surface area contributed by atoms with Crippen LogP contribution in [0.5, 0.6) is 5.75 Å². The summed E-state index contributed by atoms with van der Waals surface area (Å²) in [5.74, 6) is 1.88. The normalized spacial score (nSPS) is 16.3. The van der Waals surface area contributed by atoms with E-state index in [1.54, 1.807) is 0 Å². The monoisotopic (exact) mass is 405 g/mol. The van der Waals surface area contributed by atoms with Crippen LogP contribution in [0.25, 0.3) is 11.5 Å². The van der Waals surface area contributed by atoms with Gasteiger partial charge in [0.15, 0.2) is 5.82 Å². The Bertz CT molecular complexity index is 1030. The van der Waals surface area contributed by atoms with Gasteiger partial charge in [-0.3, -0.25) is 4.79 Å². The van der Waals surface area contributed by atoms with E-state index in [1.165, 1.54) is 0 Å². The van der Waals surface area contributed by atoms with Gasteiger partial charge < -0.3 is 14.2 Å². The van der Waals surface area contributed by atoms with Gasteiger partial charge in [-0.05, 0) is 61.7 Å². The number of amides is 1. The number of ether oxygens (including phenoxy) is 1. The van der Waals surface area contributed by atoms with Crippen LogP contribution >= 0.6 is 0 Å². The fourth-order valence-corrected chi connectivity index (χ4v) is 3.67. The Morgan fingerprint density at radius 2 is 1.97 bits per heavy atom. The van der Waals surface area contributed by atoms with Gasteiger partial charge in [0.05, 0.1) is 6.61 Å². The maximum absolute atomic E-state index is 12.7. The molecule has 0 radical (unpaired) electrons. The van der Waals surface area contributed by atoms with Gasteiger partial charge in [-0.15, -0.1) is 0 Å². The molecule has 2 heterocycles. The lowest BCUT2D eigenvalue weighted by Crippen LogP contribution is -2.25. The Hall–Kier alpha value is -3.15. The van der Waals surface area contributed by atoms with Gasteiger partial charge in [0.25, 0.3) is 5.89 Å². The van der Waals surface area contributed by atoms with Crippen LogP contribution in [0.3, 0.4) is 0 Å². The zero-order valence-electron chi connectivity index (χ0n) is 17.7. The van der Waals surface area contributed by atoms with Gasteiger partial charge in [0.1, 0.15) is 5.75 Å². The highest BCUT2D eigenvalue weighted by molar-refractivity contribution is 5.97. The highest BCUT2D eigenvalue weighted by Crippen LogP contribution is 2.33. The molecule has 1 fully saturated rings. The average Bonchev–Trinajstić information content (AvgIpc) is 3.38. The van der Waals surface area contributed by atoms with Gasteiger partial charge in [0.2, 0.25) is 5.91 Å². The third-order valence-corrected chi connectivity index (χ3v) is 5.46. The van der Waals surface area contributed by atoms with Crippen LogP contribution in [0.1, 0.15) is 49.1 Å². The number of carbonyl (C=O) groups excluding carboxylic acids is 1. The van der Waals surface area contributed by atoms with Crippen molar-refractivity contribution in [2.24, 2.45) is 0 Å². The summed E-state index contributed by atoms with van der Waals surface area (Å²) in [4.78, 5) is 19.1. The number of carbonyl (C=O) groups is 1. The predicted molar refractivity (Wildman–Crippen MR) is 116 cm³/mol. The van der Waals surface area contributed by atoms with E-state index in [2.05, 4.69) is 29.2 Å². The summed E-state index contributed by atoms with van der Waals surface area (Å²) in [5.41, 5.74) is 4.03. The van der Waals surface area contributed by atoms with E-state index in [1.807, 2.05) is 49.1 Å². The first kappa shape index (κ1) is 20.1. The molecule has 30 heavy (non-hydrogen) atoms. The van der Waals surface area contributed by atoms with Crippen molar-refractivity contribution in [3.8, 4) is 17.2 Å². The van der Waals surface area contributed by atoms with Crippen molar-refractivity contribution < 1.29 is 14.1 Å². The molecule has 1 aromatic heterocycles. The van der Waals surface area contributed by atoms with Crippen LogP contribution in [0, 0.1) is 13.8 Å². The van der Waals surface area contributed by atoms with E-state index in [0.29, 0.717) is 31.3 Å². The van der Waals surface area contributed by atoms with Crippen molar-refractivity contribution >= 4 is 11.6 Å². The second kappa shape index (κ2) is 8.69. The summed E-state index contributed by atoms with van der Waals surface area (Å²) in [6.45, 7) is 7.47. The molecule has 156 valence electrons. The summed E-state index contributed by atoms with van der Waals surface area (Å²) >= 11 is 0. The van der Waals surface area contributed by atoms with Crippen molar-refractivity contribution in [2.75, 3.05) is 18.1 Å². The van der Waals surface area contributed by atoms with Crippen molar-refractivity contribution in [3.63, 3.8) is 0 Å². The van der Waals surface area contributed by atoms with Crippen LogP contribution in [0.2, 0.25) is 0 Å². The summed E-state index contributed by atoms with van der Waals surface area (Å²) in [6.07, 6.45) is 2.53. The third-order valence-electron chi connectivity index (χ3n) is 5.46. The zero-order chi connectivity index (χ0) is 21.1. The quantitative estimate of drug-likeness (QED) is 0.514. The van der Waals surface area contributed by atoms with Crippen molar-refractivity contribution in [3.05, 3.63) is 59.4 Å². The van der Waals surface area contributed by atoms with Crippen LogP contribution in [-0.4, -0.2) is 29.2 Å². The fourth-order valence-electron chi connectivity index (χ4n) is 3.67. The smallest absolute Gasteiger partial charge is 0.257 e. The molecule has 2 aromatic carbocycles. The molecule has 1 atom stereocenters. The minimum atomic E-state index is -0.0773. The number of aromatic nitrogens is 2. The molecule has 4 rings (SSSR count). The number of hydrogen-bond acceptors (Lipinski definition) is 5. The molecule has 6 nitrogen and oxygen atoms in total. The van der Waals surface area contributed by atoms with Crippen molar-refractivity contribution in [1.82, 2.24) is 10.1 Å².